The van der Waals surface area contributed by atoms with Gasteiger partial charge in [-0.3, -0.25) is 10.1 Å². The summed E-state index contributed by atoms with van der Waals surface area (Å²) in [6.45, 7) is 0. The summed E-state index contributed by atoms with van der Waals surface area (Å²) >= 11 is 0. The molecule has 3 aromatic heterocycles. The van der Waals surface area contributed by atoms with E-state index in [9.17, 15) is 0 Å². The van der Waals surface area contributed by atoms with Crippen molar-refractivity contribution in [2.45, 2.75) is 0 Å². The second-order valence-corrected chi connectivity index (χ2v) is 4.27. The fourth-order valence-electron chi connectivity index (χ4n) is 2.19. The largest absolute Gasteiger partial charge is 0.265 e. The van der Waals surface area contributed by atoms with Crippen LogP contribution >= 0.6 is 0 Å². The number of hydrogen-bond acceptors (Lipinski definition) is 4. The molecule has 90 valence electrons. The molecule has 0 aliphatic rings. The molecular weight excluding hydrogens is 238 g/mol. The van der Waals surface area contributed by atoms with Crippen LogP contribution in [-0.2, 0) is 0 Å². The third-order valence-electron chi connectivity index (χ3n) is 3.11. The van der Waals surface area contributed by atoms with Crippen LogP contribution in [0.5, 0.6) is 0 Å². The van der Waals surface area contributed by atoms with Gasteiger partial charge < -0.3 is 0 Å². The molecule has 0 bridgehead atoms. The topological polar surface area (TPSA) is 67.3 Å². The van der Waals surface area contributed by atoms with Gasteiger partial charge in [0.2, 0.25) is 0 Å². The van der Waals surface area contributed by atoms with Crippen LogP contribution in [-0.4, -0.2) is 25.4 Å². The van der Waals surface area contributed by atoms with Crippen LogP contribution in [0.1, 0.15) is 0 Å². The van der Waals surface area contributed by atoms with Crippen LogP contribution in [0.4, 0.5) is 0 Å². The fourth-order valence-corrected chi connectivity index (χ4v) is 2.19. The highest BCUT2D eigenvalue weighted by Crippen LogP contribution is 2.24. The fraction of sp³-hybridized carbons (Fsp3) is 0. The van der Waals surface area contributed by atoms with Crippen LogP contribution < -0.4 is 0 Å². The maximum absolute atomic E-state index is 4.66. The van der Waals surface area contributed by atoms with E-state index in [-0.39, 0.29) is 0 Å². The van der Waals surface area contributed by atoms with Crippen LogP contribution in [0.2, 0.25) is 0 Å². The predicted molar refractivity (Wildman–Crippen MR) is 72.4 cm³/mol. The molecule has 5 heteroatoms. The summed E-state index contributed by atoms with van der Waals surface area (Å²) in [5, 5.41) is 12.5. The van der Waals surface area contributed by atoms with Crippen molar-refractivity contribution >= 4 is 21.8 Å². The lowest BCUT2D eigenvalue weighted by Gasteiger charge is -2.03. The first-order valence-corrected chi connectivity index (χ1v) is 5.93. The SMILES string of the molecule is c1cnc2c(c1)ccc1ccc(-c3c[nH]nn3)nc12. The van der Waals surface area contributed by atoms with Crippen LogP contribution in [0.15, 0.2) is 48.8 Å². The van der Waals surface area contributed by atoms with Gasteiger partial charge in [0.25, 0.3) is 0 Å². The van der Waals surface area contributed by atoms with Gasteiger partial charge in [-0.15, -0.1) is 5.10 Å². The third kappa shape index (κ3) is 1.55. The summed E-state index contributed by atoms with van der Waals surface area (Å²) < 4.78 is 0. The highest BCUT2D eigenvalue weighted by Gasteiger charge is 2.07. The summed E-state index contributed by atoms with van der Waals surface area (Å²) in [4.78, 5) is 9.09. The van der Waals surface area contributed by atoms with Gasteiger partial charge in [0.15, 0.2) is 0 Å². The molecule has 4 rings (SSSR count). The molecule has 0 radical (unpaired) electrons. The Morgan fingerprint density at radius 3 is 2.53 bits per heavy atom. The van der Waals surface area contributed by atoms with Crippen molar-refractivity contribution in [3.63, 3.8) is 0 Å². The predicted octanol–water partition coefficient (Wildman–Crippen LogP) is 2.57. The Balaban J connectivity index is 2.09. The number of nitrogens with one attached hydrogen (secondary N) is 1. The molecule has 19 heavy (non-hydrogen) atoms. The second kappa shape index (κ2) is 3.84. The number of hydrogen-bond donors (Lipinski definition) is 1. The van der Waals surface area contributed by atoms with Crippen molar-refractivity contribution in [1.29, 1.82) is 0 Å². The number of aromatic nitrogens is 5. The maximum Gasteiger partial charge on any atom is 0.131 e. The molecule has 1 N–H and O–H groups in total. The van der Waals surface area contributed by atoms with Crippen LogP contribution in [0.25, 0.3) is 33.2 Å². The van der Waals surface area contributed by atoms with Gasteiger partial charge in [0, 0.05) is 17.0 Å². The molecule has 0 amide bonds. The molecule has 1 aromatic carbocycles. The maximum atomic E-state index is 4.66. The molecule has 0 saturated heterocycles. The molecule has 3 heterocycles. The second-order valence-electron chi connectivity index (χ2n) is 4.27. The number of benzene rings is 1. The van der Waals surface area contributed by atoms with E-state index in [0.29, 0.717) is 0 Å². The van der Waals surface area contributed by atoms with Gasteiger partial charge in [0.1, 0.15) is 5.69 Å². The molecule has 0 spiro atoms. The summed E-state index contributed by atoms with van der Waals surface area (Å²) in [6.07, 6.45) is 3.51. The molecule has 5 nitrogen and oxygen atoms in total. The summed E-state index contributed by atoms with van der Waals surface area (Å²) in [6, 6.07) is 12.0. The molecule has 0 atom stereocenters. The Hall–Kier alpha value is -2.82. The lowest BCUT2D eigenvalue weighted by molar-refractivity contribution is 0.941. The van der Waals surface area contributed by atoms with Gasteiger partial charge in [-0.2, -0.15) is 0 Å². The number of pyridine rings is 2. The Morgan fingerprint density at radius 1 is 0.842 bits per heavy atom. The summed E-state index contributed by atoms with van der Waals surface area (Å²) in [7, 11) is 0. The Morgan fingerprint density at radius 2 is 1.68 bits per heavy atom. The van der Waals surface area contributed by atoms with Crippen molar-refractivity contribution in [3.05, 3.63) is 48.8 Å². The Bertz CT molecular complexity index is 867. The number of H-pyrrole nitrogens is 1. The first-order chi connectivity index (χ1) is 9.42. The van der Waals surface area contributed by atoms with Crippen LogP contribution in [0.3, 0.4) is 0 Å². The normalized spacial score (nSPS) is 11.2. The third-order valence-corrected chi connectivity index (χ3v) is 3.11. The minimum absolute atomic E-state index is 0.731. The molecule has 0 aliphatic carbocycles. The lowest BCUT2D eigenvalue weighted by atomic mass is 10.1. The van der Waals surface area contributed by atoms with Gasteiger partial charge in [0.05, 0.1) is 22.9 Å². The summed E-state index contributed by atoms with van der Waals surface area (Å²) in [5.74, 6) is 0. The average Bonchev–Trinajstić information content (AvgIpc) is 3.01. The van der Waals surface area contributed by atoms with Crippen molar-refractivity contribution in [1.82, 2.24) is 25.4 Å². The minimum atomic E-state index is 0.731. The highest BCUT2D eigenvalue weighted by molar-refractivity contribution is 6.03. The molecule has 4 aromatic rings. The number of fused-ring (bicyclic) bond motifs is 3. The van der Waals surface area contributed by atoms with Crippen molar-refractivity contribution in [3.8, 4) is 11.4 Å². The van der Waals surface area contributed by atoms with Crippen LogP contribution in [0, 0.1) is 0 Å². The minimum Gasteiger partial charge on any atom is -0.265 e. The molecule has 0 aliphatic heterocycles. The first kappa shape index (κ1) is 10.1. The van der Waals surface area contributed by atoms with Crippen molar-refractivity contribution in [2.24, 2.45) is 0 Å². The zero-order valence-electron chi connectivity index (χ0n) is 9.91. The van der Waals surface area contributed by atoms with E-state index >= 15 is 0 Å². The van der Waals surface area contributed by atoms with E-state index in [1.54, 1.807) is 12.4 Å². The monoisotopic (exact) mass is 247 g/mol. The number of nitrogens with zero attached hydrogens (tertiary/aromatic N) is 4. The molecular formula is C14H9N5. The smallest absolute Gasteiger partial charge is 0.131 e. The zero-order valence-corrected chi connectivity index (χ0v) is 9.91. The quantitative estimate of drug-likeness (QED) is 0.525. The van der Waals surface area contributed by atoms with Gasteiger partial charge >= 0.3 is 0 Å². The van der Waals surface area contributed by atoms with E-state index < -0.39 is 0 Å². The Labute approximate surface area is 108 Å². The van der Waals surface area contributed by atoms with E-state index in [4.69, 9.17) is 0 Å². The Kier molecular flexibility index (Phi) is 2.05. The van der Waals surface area contributed by atoms with Crippen molar-refractivity contribution in [2.75, 3.05) is 0 Å². The van der Waals surface area contributed by atoms with E-state index in [0.717, 1.165) is 33.2 Å². The zero-order chi connectivity index (χ0) is 12.7. The highest BCUT2D eigenvalue weighted by atomic mass is 15.3. The van der Waals surface area contributed by atoms with Gasteiger partial charge in [-0.1, -0.05) is 29.5 Å². The number of aromatic amines is 1. The standard InChI is InChI=1S/C14H9N5/c1-2-9-3-4-10-5-6-11(12-8-16-19-18-12)17-14(10)13(9)15-7-1/h1-8H,(H,16,18,19). The molecule has 0 fully saturated rings. The summed E-state index contributed by atoms with van der Waals surface area (Å²) in [5.41, 5.74) is 3.32. The van der Waals surface area contributed by atoms with Gasteiger partial charge in [-0.25, -0.2) is 4.98 Å². The number of rotatable bonds is 1. The molecule has 0 unspecified atom stereocenters. The van der Waals surface area contributed by atoms with E-state index in [1.807, 2.05) is 24.3 Å². The lowest BCUT2D eigenvalue weighted by Crippen LogP contribution is -1.88. The van der Waals surface area contributed by atoms with E-state index in [1.165, 1.54) is 0 Å². The first-order valence-electron chi connectivity index (χ1n) is 5.93. The van der Waals surface area contributed by atoms with Crippen molar-refractivity contribution < 1.29 is 0 Å². The average molecular weight is 247 g/mol. The van der Waals surface area contributed by atoms with Gasteiger partial charge in [-0.05, 0) is 12.1 Å². The van der Waals surface area contributed by atoms with E-state index in [2.05, 4.69) is 37.5 Å². The molecule has 0 saturated carbocycles.